The largest absolute Gasteiger partial charge is 0.427 e. The van der Waals surface area contributed by atoms with Crippen LogP contribution in [0.3, 0.4) is 0 Å². The highest BCUT2D eigenvalue weighted by molar-refractivity contribution is 14.1. The van der Waals surface area contributed by atoms with Crippen molar-refractivity contribution in [2.24, 2.45) is 0 Å². The molecule has 0 heterocycles. The summed E-state index contributed by atoms with van der Waals surface area (Å²) in [7, 11) is 0. The molecule has 0 fully saturated rings. The van der Waals surface area contributed by atoms with Gasteiger partial charge in [0.15, 0.2) is 0 Å². The van der Waals surface area contributed by atoms with Gasteiger partial charge in [-0.05, 0) is 53.3 Å². The summed E-state index contributed by atoms with van der Waals surface area (Å²) in [5.41, 5.74) is 0. The second-order valence-corrected chi connectivity index (χ2v) is 7.11. The van der Waals surface area contributed by atoms with Crippen molar-refractivity contribution in [1.82, 2.24) is 0 Å². The highest BCUT2D eigenvalue weighted by Crippen LogP contribution is 2.15. The molecule has 0 atom stereocenters. The Kier molecular flexibility index (Phi) is 16.1. The number of benzene rings is 1. The molecular formula is C21H31IO2. The number of terminal acetylenes is 1. The predicted molar refractivity (Wildman–Crippen MR) is 111 cm³/mol. The van der Waals surface area contributed by atoms with Gasteiger partial charge in [0.25, 0.3) is 0 Å². The lowest BCUT2D eigenvalue weighted by molar-refractivity contribution is -0.134. The first-order valence-electron chi connectivity index (χ1n) is 9.02. The van der Waals surface area contributed by atoms with E-state index in [0.29, 0.717) is 12.2 Å². The van der Waals surface area contributed by atoms with E-state index in [9.17, 15) is 4.79 Å². The minimum atomic E-state index is -0.110. The molecule has 0 radical (unpaired) electrons. The van der Waals surface area contributed by atoms with Crippen LogP contribution in [0.5, 0.6) is 5.75 Å². The molecule has 134 valence electrons. The van der Waals surface area contributed by atoms with Crippen molar-refractivity contribution in [2.45, 2.75) is 77.6 Å². The quantitative estimate of drug-likeness (QED) is 0.118. The van der Waals surface area contributed by atoms with Crippen LogP contribution < -0.4 is 4.74 Å². The van der Waals surface area contributed by atoms with E-state index in [0.717, 1.165) is 16.4 Å². The molecule has 0 saturated carbocycles. The maximum atomic E-state index is 11.7. The van der Waals surface area contributed by atoms with E-state index in [2.05, 4.69) is 42.4 Å². The summed E-state index contributed by atoms with van der Waals surface area (Å²) in [6.45, 7) is 2.25. The Hall–Kier alpha value is -1.02. The minimum absolute atomic E-state index is 0.110. The number of ether oxygens (including phenoxy) is 1. The topological polar surface area (TPSA) is 26.3 Å². The molecule has 0 amide bonds. The van der Waals surface area contributed by atoms with Gasteiger partial charge in [0.05, 0.1) is 0 Å². The fraction of sp³-hybridized carbons (Fsp3) is 0.571. The molecule has 1 aromatic carbocycles. The van der Waals surface area contributed by atoms with Crippen LogP contribution in [0.25, 0.3) is 0 Å². The van der Waals surface area contributed by atoms with E-state index >= 15 is 0 Å². The molecule has 0 aromatic heterocycles. The lowest BCUT2D eigenvalue weighted by Crippen LogP contribution is -2.07. The number of halogens is 1. The molecule has 0 unspecified atom stereocenters. The van der Waals surface area contributed by atoms with Crippen molar-refractivity contribution in [3.63, 3.8) is 0 Å². The summed E-state index contributed by atoms with van der Waals surface area (Å²) in [5, 5.41) is 0. The SMILES string of the molecule is C#C.CCCCCCCCCCCCC(=O)Oc1ccc(I)cc1. The Bertz CT molecular complexity index is 437. The monoisotopic (exact) mass is 442 g/mol. The van der Waals surface area contributed by atoms with Gasteiger partial charge in [0.1, 0.15) is 5.75 Å². The van der Waals surface area contributed by atoms with Crippen LogP contribution in [0.4, 0.5) is 0 Å². The third-order valence-corrected chi connectivity index (χ3v) is 4.50. The van der Waals surface area contributed by atoms with Crippen molar-refractivity contribution in [2.75, 3.05) is 0 Å². The molecule has 0 aliphatic carbocycles. The van der Waals surface area contributed by atoms with E-state index < -0.39 is 0 Å². The van der Waals surface area contributed by atoms with Crippen LogP contribution in [0.2, 0.25) is 0 Å². The molecule has 0 aliphatic heterocycles. The molecule has 0 saturated heterocycles. The number of carbonyl (C=O) groups is 1. The van der Waals surface area contributed by atoms with Crippen molar-refractivity contribution < 1.29 is 9.53 Å². The average Bonchev–Trinajstić information content (AvgIpc) is 2.60. The molecule has 0 bridgehead atoms. The number of carbonyl (C=O) groups excluding carboxylic acids is 1. The number of unbranched alkanes of at least 4 members (excludes halogenated alkanes) is 9. The van der Waals surface area contributed by atoms with Crippen LogP contribution >= 0.6 is 22.6 Å². The van der Waals surface area contributed by atoms with Gasteiger partial charge in [-0.2, -0.15) is 0 Å². The maximum Gasteiger partial charge on any atom is 0.311 e. The summed E-state index contributed by atoms with van der Waals surface area (Å²) < 4.78 is 6.46. The Labute approximate surface area is 161 Å². The Balaban J connectivity index is 0.00000254. The first-order chi connectivity index (χ1) is 11.7. The summed E-state index contributed by atoms with van der Waals surface area (Å²) in [4.78, 5) is 11.7. The Morgan fingerprint density at radius 1 is 0.875 bits per heavy atom. The zero-order valence-corrected chi connectivity index (χ0v) is 17.1. The second-order valence-electron chi connectivity index (χ2n) is 5.86. The predicted octanol–water partition coefficient (Wildman–Crippen LogP) is 6.76. The second kappa shape index (κ2) is 16.8. The molecule has 24 heavy (non-hydrogen) atoms. The van der Waals surface area contributed by atoms with E-state index in [-0.39, 0.29) is 5.97 Å². The molecule has 1 rings (SSSR count). The van der Waals surface area contributed by atoms with Crippen molar-refractivity contribution in [3.8, 4) is 18.6 Å². The molecular weight excluding hydrogens is 411 g/mol. The summed E-state index contributed by atoms with van der Waals surface area (Å²) >= 11 is 2.24. The number of esters is 1. The van der Waals surface area contributed by atoms with Gasteiger partial charge in [0.2, 0.25) is 0 Å². The van der Waals surface area contributed by atoms with Crippen LogP contribution in [-0.2, 0) is 4.79 Å². The molecule has 2 nitrogen and oxygen atoms in total. The highest BCUT2D eigenvalue weighted by Gasteiger charge is 2.04. The minimum Gasteiger partial charge on any atom is -0.427 e. The van der Waals surface area contributed by atoms with Gasteiger partial charge in [-0.25, -0.2) is 0 Å². The molecule has 3 heteroatoms. The van der Waals surface area contributed by atoms with Gasteiger partial charge in [-0.3, -0.25) is 4.79 Å². The first kappa shape index (κ1) is 23.0. The fourth-order valence-corrected chi connectivity index (χ4v) is 2.80. The van der Waals surface area contributed by atoms with Crippen molar-refractivity contribution in [3.05, 3.63) is 27.8 Å². The Morgan fingerprint density at radius 3 is 1.83 bits per heavy atom. The molecule has 0 spiro atoms. The molecule has 1 aromatic rings. The highest BCUT2D eigenvalue weighted by atomic mass is 127. The summed E-state index contributed by atoms with van der Waals surface area (Å²) in [6, 6.07) is 7.59. The van der Waals surface area contributed by atoms with Crippen LogP contribution in [0.15, 0.2) is 24.3 Å². The van der Waals surface area contributed by atoms with Crippen molar-refractivity contribution in [1.29, 1.82) is 0 Å². The molecule has 0 N–H and O–H groups in total. The van der Waals surface area contributed by atoms with E-state index in [4.69, 9.17) is 4.74 Å². The van der Waals surface area contributed by atoms with Crippen LogP contribution in [-0.4, -0.2) is 5.97 Å². The average molecular weight is 442 g/mol. The summed E-state index contributed by atoms with van der Waals surface area (Å²) in [5.74, 6) is 0.540. The van der Waals surface area contributed by atoms with Gasteiger partial charge >= 0.3 is 5.97 Å². The van der Waals surface area contributed by atoms with Crippen LogP contribution in [0, 0.1) is 16.4 Å². The standard InChI is InChI=1S/C19H29IO2.C2H2/c1-2-3-4-5-6-7-8-9-10-11-12-19(21)22-18-15-13-17(20)14-16-18;1-2/h13-16H,2-12H2,1H3;1-2H. The van der Waals surface area contributed by atoms with E-state index in [1.54, 1.807) is 0 Å². The maximum absolute atomic E-state index is 11.7. The fourth-order valence-electron chi connectivity index (χ4n) is 2.44. The zero-order chi connectivity index (χ0) is 18.0. The third kappa shape index (κ3) is 13.4. The first-order valence-corrected chi connectivity index (χ1v) is 10.1. The van der Waals surface area contributed by atoms with E-state index in [1.807, 2.05) is 24.3 Å². The lowest BCUT2D eigenvalue weighted by atomic mass is 10.1. The lowest BCUT2D eigenvalue weighted by Gasteiger charge is -2.05. The van der Waals surface area contributed by atoms with Gasteiger partial charge < -0.3 is 4.74 Å². The van der Waals surface area contributed by atoms with Gasteiger partial charge in [0, 0.05) is 9.99 Å². The zero-order valence-electron chi connectivity index (χ0n) is 14.9. The normalized spacial score (nSPS) is 9.83. The van der Waals surface area contributed by atoms with E-state index in [1.165, 1.54) is 51.4 Å². The Morgan fingerprint density at radius 2 is 1.33 bits per heavy atom. The van der Waals surface area contributed by atoms with Crippen LogP contribution in [0.1, 0.15) is 77.6 Å². The van der Waals surface area contributed by atoms with Crippen molar-refractivity contribution >= 4 is 28.6 Å². The smallest absolute Gasteiger partial charge is 0.311 e. The molecule has 0 aliphatic rings. The van der Waals surface area contributed by atoms with Gasteiger partial charge in [-0.15, -0.1) is 12.8 Å². The number of rotatable bonds is 12. The van der Waals surface area contributed by atoms with Gasteiger partial charge in [-0.1, -0.05) is 64.7 Å². The third-order valence-electron chi connectivity index (χ3n) is 3.78. The number of hydrogen-bond donors (Lipinski definition) is 0. The number of hydrogen-bond acceptors (Lipinski definition) is 2. The summed E-state index contributed by atoms with van der Waals surface area (Å²) in [6.07, 6.45) is 21.3.